The zero-order valence-electron chi connectivity index (χ0n) is 12.6. The van der Waals surface area contributed by atoms with Crippen molar-refractivity contribution < 1.29 is 13.3 Å². The van der Waals surface area contributed by atoms with Gasteiger partial charge in [-0.05, 0) is 28.4 Å². The van der Waals surface area contributed by atoms with Crippen LogP contribution in [0.4, 0.5) is 5.00 Å². The minimum absolute atomic E-state index is 0.0290. The van der Waals surface area contributed by atoms with Gasteiger partial charge in [-0.3, -0.25) is 10.1 Å². The molecule has 122 valence electrons. The molecule has 2 aromatic rings. The highest BCUT2D eigenvalue weighted by atomic mass is 32.2. The molecule has 0 saturated heterocycles. The minimum Gasteiger partial charge on any atom is -0.258 e. The van der Waals surface area contributed by atoms with E-state index >= 15 is 0 Å². The van der Waals surface area contributed by atoms with E-state index < -0.39 is 14.9 Å². The van der Waals surface area contributed by atoms with Gasteiger partial charge in [0.1, 0.15) is 4.21 Å². The molecular formula is C15H16N2O4S2. The number of nitrogens with zero attached hydrogens (tertiary/aromatic N) is 1. The third-order valence-corrected chi connectivity index (χ3v) is 7.25. The monoisotopic (exact) mass is 352 g/mol. The summed E-state index contributed by atoms with van der Waals surface area (Å²) in [7, 11) is -3.76. The molecule has 2 atom stereocenters. The van der Waals surface area contributed by atoms with Crippen molar-refractivity contribution in [3.63, 3.8) is 0 Å². The molecule has 0 radical (unpaired) electrons. The number of thiophene rings is 1. The van der Waals surface area contributed by atoms with Crippen molar-refractivity contribution in [3.05, 3.63) is 58.1 Å². The molecule has 1 aromatic heterocycles. The Morgan fingerprint density at radius 2 is 1.83 bits per heavy atom. The summed E-state index contributed by atoms with van der Waals surface area (Å²) in [6.07, 6.45) is 0. The van der Waals surface area contributed by atoms with Gasteiger partial charge in [0.15, 0.2) is 0 Å². The Kier molecular flexibility index (Phi) is 3.78. The number of nitro groups is 1. The first-order valence-electron chi connectivity index (χ1n) is 7.05. The van der Waals surface area contributed by atoms with E-state index in [1.165, 1.54) is 12.1 Å². The van der Waals surface area contributed by atoms with E-state index in [0.29, 0.717) is 11.3 Å². The molecule has 1 aliphatic carbocycles. The van der Waals surface area contributed by atoms with Gasteiger partial charge in [0.05, 0.1) is 4.92 Å². The molecule has 1 N–H and O–H groups in total. The van der Waals surface area contributed by atoms with Gasteiger partial charge in [-0.15, -0.1) is 0 Å². The van der Waals surface area contributed by atoms with Crippen molar-refractivity contribution in [1.82, 2.24) is 4.72 Å². The van der Waals surface area contributed by atoms with Gasteiger partial charge in [-0.2, -0.15) is 0 Å². The lowest BCUT2D eigenvalue weighted by molar-refractivity contribution is -0.380. The Morgan fingerprint density at radius 3 is 2.39 bits per heavy atom. The second-order valence-electron chi connectivity index (χ2n) is 6.16. The number of hydrogen-bond donors (Lipinski definition) is 1. The summed E-state index contributed by atoms with van der Waals surface area (Å²) in [6, 6.07) is 12.0. The van der Waals surface area contributed by atoms with Crippen molar-refractivity contribution in [2.24, 2.45) is 5.41 Å². The van der Waals surface area contributed by atoms with E-state index in [9.17, 15) is 18.5 Å². The van der Waals surface area contributed by atoms with Crippen molar-refractivity contribution >= 4 is 26.4 Å². The fourth-order valence-electron chi connectivity index (χ4n) is 2.92. The van der Waals surface area contributed by atoms with Gasteiger partial charge in [0, 0.05) is 18.0 Å². The summed E-state index contributed by atoms with van der Waals surface area (Å²) in [6.45, 7) is 4.02. The molecular weight excluding hydrogens is 336 g/mol. The average molecular weight is 352 g/mol. The molecule has 8 heteroatoms. The summed E-state index contributed by atoms with van der Waals surface area (Å²) in [5.74, 6) is 0.0911. The van der Waals surface area contributed by atoms with Crippen LogP contribution in [0.2, 0.25) is 0 Å². The van der Waals surface area contributed by atoms with Crippen LogP contribution in [0.15, 0.2) is 46.7 Å². The Labute approximate surface area is 138 Å². The van der Waals surface area contributed by atoms with E-state index in [4.69, 9.17) is 0 Å². The van der Waals surface area contributed by atoms with Gasteiger partial charge in [0.25, 0.3) is 10.0 Å². The summed E-state index contributed by atoms with van der Waals surface area (Å²) in [5.41, 5.74) is 0.889. The number of nitrogens with one attached hydrogen (secondary N) is 1. The molecule has 0 amide bonds. The van der Waals surface area contributed by atoms with Crippen molar-refractivity contribution in [2.75, 3.05) is 0 Å². The van der Waals surface area contributed by atoms with Gasteiger partial charge in [0.2, 0.25) is 0 Å². The molecule has 3 rings (SSSR count). The topological polar surface area (TPSA) is 89.3 Å². The number of hydrogen-bond acceptors (Lipinski definition) is 5. The molecule has 1 aliphatic rings. The lowest BCUT2D eigenvalue weighted by Crippen LogP contribution is -2.28. The third-order valence-electron chi connectivity index (χ3n) is 4.28. The standard InChI is InChI=1S/C15H16N2O4S2/c1-15(2)13(10-6-4-3-5-7-10)14(15)16-23(20,21)12-9-8-11(22-12)17(18)19/h3-9,13-14,16H,1-2H3/t13-,14-/m0/s1. The molecule has 6 nitrogen and oxygen atoms in total. The SMILES string of the molecule is CC1(C)[C@@H](NS(=O)(=O)c2ccc([N+](=O)[O-])s2)[C@@H]1c1ccccc1. The number of rotatable bonds is 5. The molecule has 0 aliphatic heterocycles. The Hall–Kier alpha value is -1.77. The van der Waals surface area contributed by atoms with E-state index in [-0.39, 0.29) is 26.6 Å². The van der Waals surface area contributed by atoms with E-state index in [1.54, 1.807) is 0 Å². The van der Waals surface area contributed by atoms with Crippen molar-refractivity contribution in [1.29, 1.82) is 0 Å². The van der Waals surface area contributed by atoms with Gasteiger partial charge in [-0.1, -0.05) is 44.2 Å². The van der Waals surface area contributed by atoms with Crippen LogP contribution in [0, 0.1) is 15.5 Å². The zero-order valence-corrected chi connectivity index (χ0v) is 14.2. The van der Waals surface area contributed by atoms with Crippen LogP contribution < -0.4 is 4.72 Å². The first kappa shape index (κ1) is 16.1. The first-order valence-corrected chi connectivity index (χ1v) is 9.35. The highest BCUT2D eigenvalue weighted by Crippen LogP contribution is 2.59. The molecule has 0 spiro atoms. The molecule has 0 bridgehead atoms. The quantitative estimate of drug-likeness (QED) is 0.661. The summed E-state index contributed by atoms with van der Waals surface area (Å²) < 4.78 is 27.6. The largest absolute Gasteiger partial charge is 0.325 e. The summed E-state index contributed by atoms with van der Waals surface area (Å²) in [4.78, 5) is 10.1. The minimum atomic E-state index is -3.76. The fourth-order valence-corrected chi connectivity index (χ4v) is 5.45. The van der Waals surface area contributed by atoms with Crippen molar-refractivity contribution in [3.8, 4) is 0 Å². The fraction of sp³-hybridized carbons (Fsp3) is 0.333. The van der Waals surface area contributed by atoms with Crippen LogP contribution in [0.5, 0.6) is 0 Å². The van der Waals surface area contributed by atoms with E-state index in [0.717, 1.165) is 5.56 Å². The second kappa shape index (κ2) is 5.40. The normalized spacial score (nSPS) is 22.7. The Morgan fingerprint density at radius 1 is 1.17 bits per heavy atom. The second-order valence-corrected chi connectivity index (χ2v) is 9.16. The van der Waals surface area contributed by atoms with Gasteiger partial charge < -0.3 is 0 Å². The van der Waals surface area contributed by atoms with Crippen LogP contribution >= 0.6 is 11.3 Å². The van der Waals surface area contributed by atoms with Crippen LogP contribution in [-0.4, -0.2) is 19.4 Å². The van der Waals surface area contributed by atoms with Gasteiger partial charge >= 0.3 is 5.00 Å². The van der Waals surface area contributed by atoms with Crippen LogP contribution in [0.25, 0.3) is 0 Å². The number of benzene rings is 1. The highest BCUT2D eigenvalue weighted by Gasteiger charge is 2.59. The third kappa shape index (κ3) is 2.89. The average Bonchev–Trinajstić information content (AvgIpc) is 2.88. The van der Waals surface area contributed by atoms with Crippen LogP contribution in [0.3, 0.4) is 0 Å². The zero-order chi connectivity index (χ0) is 16.8. The van der Waals surface area contributed by atoms with Crippen LogP contribution in [0.1, 0.15) is 25.3 Å². The maximum Gasteiger partial charge on any atom is 0.325 e. The highest BCUT2D eigenvalue weighted by molar-refractivity contribution is 7.91. The van der Waals surface area contributed by atoms with E-state index in [1.807, 2.05) is 44.2 Å². The summed E-state index contributed by atoms with van der Waals surface area (Å²) in [5, 5.41) is 10.5. The Bertz CT molecular complexity index is 843. The predicted octanol–water partition coefficient (Wildman–Crippen LogP) is 3.13. The molecule has 1 heterocycles. The number of sulfonamides is 1. The molecule has 23 heavy (non-hydrogen) atoms. The van der Waals surface area contributed by atoms with E-state index in [2.05, 4.69) is 4.72 Å². The molecule has 1 saturated carbocycles. The van der Waals surface area contributed by atoms with Crippen LogP contribution in [-0.2, 0) is 10.0 Å². The lowest BCUT2D eigenvalue weighted by Gasteiger charge is -2.05. The smallest absolute Gasteiger partial charge is 0.258 e. The Balaban J connectivity index is 1.82. The first-order chi connectivity index (χ1) is 10.7. The van der Waals surface area contributed by atoms with Gasteiger partial charge in [-0.25, -0.2) is 13.1 Å². The molecule has 1 fully saturated rings. The maximum atomic E-state index is 12.5. The maximum absolute atomic E-state index is 12.5. The summed E-state index contributed by atoms with van der Waals surface area (Å²) >= 11 is 0.665. The lowest BCUT2D eigenvalue weighted by atomic mass is 10.0. The molecule has 1 aromatic carbocycles. The molecule has 0 unspecified atom stereocenters. The predicted molar refractivity (Wildman–Crippen MR) is 88.0 cm³/mol. The van der Waals surface area contributed by atoms with Crippen molar-refractivity contribution in [2.45, 2.75) is 30.0 Å².